The third-order valence-corrected chi connectivity index (χ3v) is 7.66. The number of alkyl halides is 3. The molecule has 2 aromatic rings. The number of benzene rings is 1. The van der Waals surface area contributed by atoms with Gasteiger partial charge in [-0.3, -0.25) is 14.4 Å². The third-order valence-electron chi connectivity index (χ3n) is 7.66. The molecule has 204 valence electrons. The number of nitrogens with one attached hydrogen (secondary N) is 1. The number of likely N-dealkylation sites (tertiary alicyclic amines) is 1. The van der Waals surface area contributed by atoms with Crippen LogP contribution in [-0.2, 0) is 22.2 Å². The van der Waals surface area contributed by atoms with E-state index in [0.29, 0.717) is 31.7 Å². The van der Waals surface area contributed by atoms with Gasteiger partial charge >= 0.3 is 6.18 Å². The Balaban J connectivity index is 1.39. The minimum Gasteiger partial charge on any atom is -0.497 e. The van der Waals surface area contributed by atoms with Crippen LogP contribution in [0.4, 0.5) is 13.2 Å². The Bertz CT molecular complexity index is 1230. The van der Waals surface area contributed by atoms with Gasteiger partial charge in [0.1, 0.15) is 17.0 Å². The minimum atomic E-state index is -4.74. The first-order chi connectivity index (χ1) is 18.1. The number of methoxy groups -OCH3 is 1. The summed E-state index contributed by atoms with van der Waals surface area (Å²) in [5.41, 5.74) is -2.24. The molecule has 1 N–H and O–H groups in total. The van der Waals surface area contributed by atoms with E-state index < -0.39 is 29.2 Å². The van der Waals surface area contributed by atoms with Crippen molar-refractivity contribution in [1.82, 2.24) is 24.9 Å². The molecular formula is C26H30F3N5O4. The van der Waals surface area contributed by atoms with Crippen LogP contribution >= 0.6 is 0 Å². The van der Waals surface area contributed by atoms with Gasteiger partial charge in [0.25, 0.3) is 5.91 Å². The van der Waals surface area contributed by atoms with E-state index in [0.717, 1.165) is 30.4 Å². The van der Waals surface area contributed by atoms with Crippen LogP contribution in [0.1, 0.15) is 60.3 Å². The second kappa shape index (κ2) is 9.95. The van der Waals surface area contributed by atoms with Crippen LogP contribution < -0.4 is 10.1 Å². The zero-order valence-electron chi connectivity index (χ0n) is 21.1. The quantitative estimate of drug-likeness (QED) is 0.616. The number of nitrogens with zero attached hydrogens (tertiary/aromatic N) is 4. The fourth-order valence-electron chi connectivity index (χ4n) is 5.77. The standard InChI is InChI=1S/C26H30F3N5O4/c1-38-18-8-6-17(7-9-18)34-21-19(22(31-34)26(27,28)29)10-15-33(23(21)36)16-20(35)30-25(11-2-3-12-25)24(37)32-13-4-5-14-32/h6-9H,2-5,10-16H2,1H3,(H,30,35). The monoisotopic (exact) mass is 533 g/mol. The van der Waals surface area contributed by atoms with Gasteiger partial charge in [-0.05, 0) is 56.4 Å². The number of aromatic nitrogens is 2. The largest absolute Gasteiger partial charge is 0.497 e. The molecule has 0 spiro atoms. The zero-order chi connectivity index (χ0) is 27.1. The van der Waals surface area contributed by atoms with Gasteiger partial charge in [-0.25, -0.2) is 4.68 Å². The Hall–Kier alpha value is -3.57. The van der Waals surface area contributed by atoms with E-state index in [-0.39, 0.29) is 42.4 Å². The molecule has 1 aliphatic carbocycles. The highest BCUT2D eigenvalue weighted by molar-refractivity contribution is 5.99. The van der Waals surface area contributed by atoms with E-state index in [1.807, 2.05) is 0 Å². The van der Waals surface area contributed by atoms with Crippen molar-refractivity contribution in [3.05, 3.63) is 41.2 Å². The van der Waals surface area contributed by atoms with Gasteiger partial charge < -0.3 is 19.9 Å². The normalized spacial score (nSPS) is 19.0. The van der Waals surface area contributed by atoms with E-state index in [1.54, 1.807) is 17.0 Å². The molecule has 38 heavy (non-hydrogen) atoms. The van der Waals surface area contributed by atoms with Gasteiger partial charge in [0.15, 0.2) is 5.69 Å². The number of ether oxygens (including phenoxy) is 1. The fourth-order valence-corrected chi connectivity index (χ4v) is 5.77. The summed E-state index contributed by atoms with van der Waals surface area (Å²) in [5.74, 6) is -0.797. The van der Waals surface area contributed by atoms with Gasteiger partial charge in [-0.1, -0.05) is 12.8 Å². The van der Waals surface area contributed by atoms with Crippen LogP contribution in [0.2, 0.25) is 0 Å². The Morgan fingerprint density at radius 1 is 1.05 bits per heavy atom. The summed E-state index contributed by atoms with van der Waals surface area (Å²) in [6.07, 6.45) is -0.287. The number of carbonyl (C=O) groups is 3. The van der Waals surface area contributed by atoms with Crippen molar-refractivity contribution < 1.29 is 32.3 Å². The predicted molar refractivity (Wildman–Crippen MR) is 130 cm³/mol. The average molecular weight is 534 g/mol. The molecule has 1 aromatic carbocycles. The molecular weight excluding hydrogens is 503 g/mol. The lowest BCUT2D eigenvalue weighted by Crippen LogP contribution is -2.59. The predicted octanol–water partition coefficient (Wildman–Crippen LogP) is 2.95. The van der Waals surface area contributed by atoms with Crippen LogP contribution in [0, 0.1) is 0 Å². The maximum atomic E-state index is 13.8. The smallest absolute Gasteiger partial charge is 0.435 e. The molecule has 9 nitrogen and oxygen atoms in total. The van der Waals surface area contributed by atoms with Gasteiger partial charge in [0.05, 0.1) is 19.3 Å². The van der Waals surface area contributed by atoms with E-state index in [1.165, 1.54) is 24.1 Å². The first-order valence-electron chi connectivity index (χ1n) is 12.9. The van der Waals surface area contributed by atoms with E-state index >= 15 is 0 Å². The molecule has 0 atom stereocenters. The van der Waals surface area contributed by atoms with Crippen LogP contribution in [0.15, 0.2) is 24.3 Å². The van der Waals surface area contributed by atoms with E-state index in [4.69, 9.17) is 4.74 Å². The van der Waals surface area contributed by atoms with Crippen molar-refractivity contribution >= 4 is 17.7 Å². The summed E-state index contributed by atoms with van der Waals surface area (Å²) in [6.45, 7) is 0.910. The van der Waals surface area contributed by atoms with Crippen LogP contribution in [0.5, 0.6) is 5.75 Å². The molecule has 3 amide bonds. The number of hydrogen-bond acceptors (Lipinski definition) is 5. The lowest BCUT2D eigenvalue weighted by molar-refractivity contribution is -0.142. The second-order valence-corrected chi connectivity index (χ2v) is 10.1. The number of carbonyl (C=O) groups excluding carboxylic acids is 3. The molecule has 2 aliphatic heterocycles. The van der Waals surface area contributed by atoms with Gasteiger partial charge in [-0.2, -0.15) is 18.3 Å². The molecule has 1 saturated carbocycles. The summed E-state index contributed by atoms with van der Waals surface area (Å²) in [4.78, 5) is 42.9. The molecule has 3 aliphatic rings. The lowest BCUT2D eigenvalue weighted by Gasteiger charge is -2.34. The third kappa shape index (κ3) is 4.71. The maximum absolute atomic E-state index is 13.8. The average Bonchev–Trinajstić information content (AvgIpc) is 3.65. The zero-order valence-corrected chi connectivity index (χ0v) is 21.1. The van der Waals surface area contributed by atoms with Crippen LogP contribution in [0.3, 0.4) is 0 Å². The summed E-state index contributed by atoms with van der Waals surface area (Å²) < 4.78 is 47.5. The molecule has 0 unspecified atom stereocenters. The molecule has 0 bridgehead atoms. The van der Waals surface area contributed by atoms with Crippen molar-refractivity contribution in [3.8, 4) is 11.4 Å². The molecule has 12 heteroatoms. The number of rotatable bonds is 6. The van der Waals surface area contributed by atoms with Crippen molar-refractivity contribution in [1.29, 1.82) is 0 Å². The van der Waals surface area contributed by atoms with Gasteiger partial charge in [0.2, 0.25) is 11.8 Å². The van der Waals surface area contributed by atoms with Gasteiger partial charge in [0, 0.05) is 25.2 Å². The highest BCUT2D eigenvalue weighted by Gasteiger charge is 2.46. The Kier molecular flexibility index (Phi) is 6.83. The number of fused-ring (bicyclic) bond motifs is 1. The van der Waals surface area contributed by atoms with E-state index in [2.05, 4.69) is 10.4 Å². The number of halogens is 3. The Morgan fingerprint density at radius 2 is 1.71 bits per heavy atom. The van der Waals surface area contributed by atoms with Crippen molar-refractivity contribution in [2.45, 2.75) is 56.7 Å². The first kappa shape index (κ1) is 26.1. The van der Waals surface area contributed by atoms with Crippen molar-refractivity contribution in [2.75, 3.05) is 33.3 Å². The lowest BCUT2D eigenvalue weighted by atomic mass is 9.95. The Morgan fingerprint density at radius 3 is 2.32 bits per heavy atom. The second-order valence-electron chi connectivity index (χ2n) is 10.1. The maximum Gasteiger partial charge on any atom is 0.435 e. The van der Waals surface area contributed by atoms with Crippen LogP contribution in [-0.4, -0.2) is 76.1 Å². The molecule has 3 heterocycles. The van der Waals surface area contributed by atoms with Crippen molar-refractivity contribution in [3.63, 3.8) is 0 Å². The summed E-state index contributed by atoms with van der Waals surface area (Å²) in [5, 5.41) is 6.68. The minimum absolute atomic E-state index is 0.0658. The summed E-state index contributed by atoms with van der Waals surface area (Å²) in [6, 6.07) is 6.15. The first-order valence-corrected chi connectivity index (χ1v) is 12.9. The molecule has 1 saturated heterocycles. The number of amides is 3. The summed E-state index contributed by atoms with van der Waals surface area (Å²) in [7, 11) is 1.47. The Labute approximate surface area is 217 Å². The van der Waals surface area contributed by atoms with Crippen LogP contribution in [0.25, 0.3) is 5.69 Å². The van der Waals surface area contributed by atoms with E-state index in [9.17, 15) is 27.6 Å². The topological polar surface area (TPSA) is 96.8 Å². The number of hydrogen-bond donors (Lipinski definition) is 1. The van der Waals surface area contributed by atoms with Crippen molar-refractivity contribution in [2.24, 2.45) is 0 Å². The highest BCUT2D eigenvalue weighted by Crippen LogP contribution is 2.37. The highest BCUT2D eigenvalue weighted by atomic mass is 19.4. The summed E-state index contributed by atoms with van der Waals surface area (Å²) >= 11 is 0. The fraction of sp³-hybridized carbons (Fsp3) is 0.538. The molecule has 1 aromatic heterocycles. The molecule has 5 rings (SSSR count). The van der Waals surface area contributed by atoms with Gasteiger partial charge in [-0.15, -0.1) is 0 Å². The molecule has 2 fully saturated rings. The SMILES string of the molecule is COc1ccc(-n2nc(C(F)(F)F)c3c2C(=O)N(CC(=O)NC2(C(=O)N4CCCC4)CCCC2)CC3)cc1. The molecule has 0 radical (unpaired) electrons.